The van der Waals surface area contributed by atoms with Crippen molar-refractivity contribution in [2.75, 3.05) is 33.4 Å². The van der Waals surface area contributed by atoms with Gasteiger partial charge in [-0.2, -0.15) is 0 Å². The molecular weight excluding hydrogens is 224 g/mol. The molecule has 2 aliphatic rings. The summed E-state index contributed by atoms with van der Waals surface area (Å²) in [6.45, 7) is 6.79. The summed E-state index contributed by atoms with van der Waals surface area (Å²) in [6, 6.07) is 1.27. The molecule has 106 valence electrons. The van der Waals surface area contributed by atoms with Crippen LogP contribution in [0.2, 0.25) is 0 Å². The summed E-state index contributed by atoms with van der Waals surface area (Å²) in [7, 11) is 1.81. The molecule has 0 spiro atoms. The molecular formula is C15H30N2O. The van der Waals surface area contributed by atoms with E-state index in [1.807, 2.05) is 7.11 Å². The van der Waals surface area contributed by atoms with Crippen LogP contribution in [0.3, 0.4) is 0 Å². The third-order valence-electron chi connectivity index (χ3n) is 4.71. The smallest absolute Gasteiger partial charge is 0.0615 e. The quantitative estimate of drug-likeness (QED) is 0.833. The summed E-state index contributed by atoms with van der Waals surface area (Å²) in [4.78, 5) is 2.63. The van der Waals surface area contributed by atoms with E-state index in [1.54, 1.807) is 0 Å². The number of hydrogen-bond acceptors (Lipinski definition) is 3. The van der Waals surface area contributed by atoms with E-state index in [-0.39, 0.29) is 0 Å². The normalized spacial score (nSPS) is 30.0. The first-order valence-corrected chi connectivity index (χ1v) is 7.77. The molecule has 2 fully saturated rings. The van der Waals surface area contributed by atoms with Gasteiger partial charge in [0.25, 0.3) is 0 Å². The monoisotopic (exact) mass is 254 g/mol. The molecule has 0 amide bonds. The minimum absolute atomic E-state index is 0.556. The van der Waals surface area contributed by atoms with Crippen molar-refractivity contribution in [2.45, 2.75) is 57.5 Å². The third-order valence-corrected chi connectivity index (χ3v) is 4.71. The molecule has 1 saturated carbocycles. The first-order chi connectivity index (χ1) is 8.81. The molecule has 2 rings (SSSR count). The van der Waals surface area contributed by atoms with Crippen LogP contribution in [-0.4, -0.2) is 50.3 Å². The fourth-order valence-electron chi connectivity index (χ4n) is 3.58. The lowest BCUT2D eigenvalue weighted by Crippen LogP contribution is -2.47. The fourth-order valence-corrected chi connectivity index (χ4v) is 3.58. The molecule has 1 N–H and O–H groups in total. The number of methoxy groups -OCH3 is 1. The molecule has 0 aromatic carbocycles. The predicted molar refractivity (Wildman–Crippen MR) is 75.9 cm³/mol. The highest BCUT2D eigenvalue weighted by Gasteiger charge is 2.28. The van der Waals surface area contributed by atoms with E-state index in [0.717, 1.165) is 12.5 Å². The van der Waals surface area contributed by atoms with Crippen LogP contribution in [0.1, 0.15) is 45.4 Å². The molecule has 1 heterocycles. The number of nitrogens with zero attached hydrogens (tertiary/aromatic N) is 1. The summed E-state index contributed by atoms with van der Waals surface area (Å²) in [5, 5.41) is 3.80. The van der Waals surface area contributed by atoms with E-state index in [1.165, 1.54) is 58.2 Å². The molecule has 3 heteroatoms. The largest absolute Gasteiger partial charge is 0.383 e. The Morgan fingerprint density at radius 1 is 1.22 bits per heavy atom. The molecule has 2 atom stereocenters. The Bertz CT molecular complexity index is 229. The molecule has 1 aliphatic carbocycles. The van der Waals surface area contributed by atoms with Crippen molar-refractivity contribution in [3.05, 3.63) is 0 Å². The minimum atomic E-state index is 0.556. The second-order valence-electron chi connectivity index (χ2n) is 6.11. The van der Waals surface area contributed by atoms with Gasteiger partial charge < -0.3 is 10.1 Å². The number of nitrogens with one attached hydrogen (secondary N) is 1. The van der Waals surface area contributed by atoms with E-state index < -0.39 is 0 Å². The maximum absolute atomic E-state index is 5.32. The molecule has 1 aliphatic heterocycles. The van der Waals surface area contributed by atoms with E-state index in [9.17, 15) is 0 Å². The molecule has 3 nitrogen and oxygen atoms in total. The predicted octanol–water partition coefficient (Wildman–Crippen LogP) is 2.27. The zero-order valence-corrected chi connectivity index (χ0v) is 12.2. The average Bonchev–Trinajstić information content (AvgIpc) is 2.66. The number of hydrogen-bond donors (Lipinski definition) is 1. The lowest BCUT2D eigenvalue weighted by atomic mass is 9.83. The first kappa shape index (κ1) is 14.3. The van der Waals surface area contributed by atoms with Gasteiger partial charge in [-0.3, -0.25) is 4.90 Å². The zero-order valence-electron chi connectivity index (χ0n) is 12.2. The van der Waals surface area contributed by atoms with Crippen LogP contribution in [0.15, 0.2) is 0 Å². The van der Waals surface area contributed by atoms with Gasteiger partial charge in [0.15, 0.2) is 0 Å². The lowest BCUT2D eigenvalue weighted by molar-refractivity contribution is 0.0904. The highest BCUT2D eigenvalue weighted by molar-refractivity contribution is 4.86. The highest BCUT2D eigenvalue weighted by Crippen LogP contribution is 2.27. The van der Waals surface area contributed by atoms with Crippen molar-refractivity contribution in [2.24, 2.45) is 5.92 Å². The lowest BCUT2D eigenvalue weighted by Gasteiger charge is -2.35. The van der Waals surface area contributed by atoms with Crippen molar-refractivity contribution in [3.8, 4) is 0 Å². The third kappa shape index (κ3) is 3.94. The minimum Gasteiger partial charge on any atom is -0.383 e. The van der Waals surface area contributed by atoms with Crippen LogP contribution in [0.25, 0.3) is 0 Å². The van der Waals surface area contributed by atoms with Gasteiger partial charge in [-0.1, -0.05) is 19.3 Å². The van der Waals surface area contributed by atoms with Crippen LogP contribution in [0, 0.1) is 5.92 Å². The van der Waals surface area contributed by atoms with Crippen LogP contribution < -0.4 is 5.32 Å². The summed E-state index contributed by atoms with van der Waals surface area (Å²) < 4.78 is 5.32. The maximum atomic E-state index is 5.32. The summed E-state index contributed by atoms with van der Waals surface area (Å²) in [6.07, 6.45) is 8.48. The van der Waals surface area contributed by atoms with Crippen molar-refractivity contribution < 1.29 is 4.74 Å². The molecule has 0 radical (unpaired) electrons. The Kier molecular flexibility index (Phi) is 5.93. The van der Waals surface area contributed by atoms with Gasteiger partial charge in [-0.15, -0.1) is 0 Å². The highest BCUT2D eigenvalue weighted by atomic mass is 16.5. The van der Waals surface area contributed by atoms with Gasteiger partial charge >= 0.3 is 0 Å². The topological polar surface area (TPSA) is 24.5 Å². The van der Waals surface area contributed by atoms with Gasteiger partial charge in [-0.25, -0.2) is 0 Å². The average molecular weight is 254 g/mol. The number of ether oxygens (including phenoxy) is 1. The van der Waals surface area contributed by atoms with Crippen LogP contribution >= 0.6 is 0 Å². The van der Waals surface area contributed by atoms with Gasteiger partial charge in [-0.05, 0) is 45.2 Å². The second kappa shape index (κ2) is 7.46. The molecule has 0 aromatic heterocycles. The van der Waals surface area contributed by atoms with Crippen molar-refractivity contribution >= 4 is 0 Å². The summed E-state index contributed by atoms with van der Waals surface area (Å²) in [5.74, 6) is 0.911. The van der Waals surface area contributed by atoms with Crippen molar-refractivity contribution in [1.29, 1.82) is 0 Å². The van der Waals surface area contributed by atoms with Gasteiger partial charge in [0, 0.05) is 25.7 Å². The second-order valence-corrected chi connectivity index (χ2v) is 6.11. The first-order valence-electron chi connectivity index (χ1n) is 7.77. The SMILES string of the molecule is COCC(C)N1CCCNC(C2CCCCC2)C1. The molecule has 0 bridgehead atoms. The van der Waals surface area contributed by atoms with Gasteiger partial charge in [0.1, 0.15) is 0 Å². The van der Waals surface area contributed by atoms with Gasteiger partial charge in [0.05, 0.1) is 6.61 Å². The summed E-state index contributed by atoms with van der Waals surface area (Å²) in [5.41, 5.74) is 0. The molecule has 1 saturated heterocycles. The zero-order chi connectivity index (χ0) is 12.8. The Hall–Kier alpha value is -0.120. The number of rotatable bonds is 4. The Balaban J connectivity index is 1.89. The Morgan fingerprint density at radius 2 is 2.00 bits per heavy atom. The van der Waals surface area contributed by atoms with Crippen LogP contribution in [0.4, 0.5) is 0 Å². The molecule has 2 unspecified atom stereocenters. The molecule has 0 aromatic rings. The van der Waals surface area contributed by atoms with Crippen LogP contribution in [0.5, 0.6) is 0 Å². The van der Waals surface area contributed by atoms with E-state index in [0.29, 0.717) is 12.1 Å². The van der Waals surface area contributed by atoms with E-state index >= 15 is 0 Å². The Labute approximate surface area is 112 Å². The van der Waals surface area contributed by atoms with Gasteiger partial charge in [0.2, 0.25) is 0 Å². The molecule has 18 heavy (non-hydrogen) atoms. The van der Waals surface area contributed by atoms with Crippen molar-refractivity contribution in [1.82, 2.24) is 10.2 Å². The fraction of sp³-hybridized carbons (Fsp3) is 1.00. The maximum Gasteiger partial charge on any atom is 0.0615 e. The van der Waals surface area contributed by atoms with E-state index in [2.05, 4.69) is 17.1 Å². The summed E-state index contributed by atoms with van der Waals surface area (Å²) >= 11 is 0. The Morgan fingerprint density at radius 3 is 2.72 bits per heavy atom. The van der Waals surface area contributed by atoms with E-state index in [4.69, 9.17) is 4.74 Å². The van der Waals surface area contributed by atoms with Crippen molar-refractivity contribution in [3.63, 3.8) is 0 Å². The standard InChI is InChI=1S/C15H30N2O/c1-13(12-18-2)17-10-6-9-16-15(11-17)14-7-4-3-5-8-14/h13-16H,3-12H2,1-2H3. The van der Waals surface area contributed by atoms with Crippen LogP contribution in [-0.2, 0) is 4.74 Å².